The highest BCUT2D eigenvalue weighted by atomic mass is 35.5. The maximum absolute atomic E-state index is 5.92. The lowest BCUT2D eigenvalue weighted by Gasteiger charge is -1.98. The Hall–Kier alpha value is -1.10. The van der Waals surface area contributed by atoms with Crippen molar-refractivity contribution in [2.75, 3.05) is 6.54 Å². The molecule has 1 aromatic heterocycles. The number of benzene rings is 1. The van der Waals surface area contributed by atoms with Crippen molar-refractivity contribution in [2.45, 2.75) is 6.54 Å². The molecule has 0 atom stereocenters. The zero-order chi connectivity index (χ0) is 11.5. The molecule has 6 heteroatoms. The van der Waals surface area contributed by atoms with Gasteiger partial charge in [-0.1, -0.05) is 34.5 Å². The fourth-order valence-corrected chi connectivity index (χ4v) is 1.63. The molecule has 16 heavy (non-hydrogen) atoms. The van der Waals surface area contributed by atoms with E-state index in [4.69, 9.17) is 28.9 Å². The van der Waals surface area contributed by atoms with Gasteiger partial charge < -0.3 is 5.73 Å². The topological polar surface area (TPSA) is 56.7 Å². The van der Waals surface area contributed by atoms with Gasteiger partial charge in [0.05, 0.1) is 22.8 Å². The lowest BCUT2D eigenvalue weighted by Crippen LogP contribution is -2.10. The molecule has 0 spiro atoms. The van der Waals surface area contributed by atoms with Gasteiger partial charge in [-0.05, 0) is 12.1 Å². The molecule has 1 heterocycles. The Labute approximate surface area is 103 Å². The number of nitrogens with zero attached hydrogens (tertiary/aromatic N) is 3. The summed E-state index contributed by atoms with van der Waals surface area (Å²) in [5, 5.41) is 9.01. The first-order valence-electron chi connectivity index (χ1n) is 4.76. The highest BCUT2D eigenvalue weighted by molar-refractivity contribution is 6.42. The molecule has 0 aliphatic carbocycles. The van der Waals surface area contributed by atoms with E-state index in [9.17, 15) is 0 Å². The smallest absolute Gasteiger partial charge is 0.113 e. The largest absolute Gasteiger partial charge is 0.329 e. The van der Waals surface area contributed by atoms with Gasteiger partial charge in [-0.15, -0.1) is 5.10 Å². The van der Waals surface area contributed by atoms with Crippen LogP contribution in [0.3, 0.4) is 0 Å². The summed E-state index contributed by atoms with van der Waals surface area (Å²) >= 11 is 11.8. The molecule has 0 fully saturated rings. The van der Waals surface area contributed by atoms with Crippen LogP contribution < -0.4 is 5.73 Å². The molecule has 0 radical (unpaired) electrons. The van der Waals surface area contributed by atoms with Crippen molar-refractivity contribution >= 4 is 23.2 Å². The van der Waals surface area contributed by atoms with Crippen LogP contribution in [0.2, 0.25) is 10.0 Å². The lowest BCUT2D eigenvalue weighted by molar-refractivity contribution is 0.598. The van der Waals surface area contributed by atoms with E-state index in [2.05, 4.69) is 10.3 Å². The van der Waals surface area contributed by atoms with E-state index >= 15 is 0 Å². The van der Waals surface area contributed by atoms with Gasteiger partial charge in [-0.3, -0.25) is 4.68 Å². The maximum Gasteiger partial charge on any atom is 0.113 e. The Morgan fingerprint density at radius 2 is 2.06 bits per heavy atom. The zero-order valence-corrected chi connectivity index (χ0v) is 9.91. The second kappa shape index (κ2) is 4.82. The molecule has 0 saturated heterocycles. The number of aromatic nitrogens is 3. The molecule has 2 N–H and O–H groups in total. The third-order valence-electron chi connectivity index (χ3n) is 2.11. The van der Waals surface area contributed by atoms with Crippen LogP contribution in [-0.4, -0.2) is 21.5 Å². The highest BCUT2D eigenvalue weighted by Crippen LogP contribution is 2.27. The Kier molecular flexibility index (Phi) is 3.43. The van der Waals surface area contributed by atoms with Crippen molar-refractivity contribution in [2.24, 2.45) is 5.73 Å². The van der Waals surface area contributed by atoms with Crippen molar-refractivity contribution in [1.29, 1.82) is 0 Å². The monoisotopic (exact) mass is 256 g/mol. The quantitative estimate of drug-likeness (QED) is 0.917. The third kappa shape index (κ3) is 2.35. The maximum atomic E-state index is 5.92. The van der Waals surface area contributed by atoms with E-state index in [1.54, 1.807) is 16.8 Å². The van der Waals surface area contributed by atoms with Gasteiger partial charge in [0.1, 0.15) is 5.69 Å². The summed E-state index contributed by atoms with van der Waals surface area (Å²) in [6, 6.07) is 5.35. The summed E-state index contributed by atoms with van der Waals surface area (Å²) in [6.07, 6.45) is 1.83. The van der Waals surface area contributed by atoms with Gasteiger partial charge in [0.25, 0.3) is 0 Å². The molecule has 0 unspecified atom stereocenters. The standard InChI is InChI=1S/C10H10Cl2N4/c11-8-2-1-7(5-9(8)12)10-6-16(4-3-13)15-14-10/h1-2,5-6H,3-4,13H2. The first-order valence-corrected chi connectivity index (χ1v) is 5.52. The molecule has 4 nitrogen and oxygen atoms in total. The Morgan fingerprint density at radius 1 is 1.25 bits per heavy atom. The minimum Gasteiger partial charge on any atom is -0.329 e. The molecular weight excluding hydrogens is 247 g/mol. The van der Waals surface area contributed by atoms with Crippen molar-refractivity contribution in [3.8, 4) is 11.3 Å². The first-order chi connectivity index (χ1) is 7.70. The van der Waals surface area contributed by atoms with Crippen LogP contribution >= 0.6 is 23.2 Å². The van der Waals surface area contributed by atoms with Crippen LogP contribution in [0.5, 0.6) is 0 Å². The summed E-state index contributed by atoms with van der Waals surface area (Å²) in [6.45, 7) is 1.18. The van der Waals surface area contributed by atoms with E-state index in [1.807, 2.05) is 12.3 Å². The van der Waals surface area contributed by atoms with Crippen molar-refractivity contribution in [1.82, 2.24) is 15.0 Å². The van der Waals surface area contributed by atoms with Crippen LogP contribution in [-0.2, 0) is 6.54 Å². The van der Waals surface area contributed by atoms with E-state index in [0.717, 1.165) is 11.3 Å². The van der Waals surface area contributed by atoms with Gasteiger partial charge >= 0.3 is 0 Å². The van der Waals surface area contributed by atoms with Gasteiger partial charge in [0.15, 0.2) is 0 Å². The Bertz CT molecular complexity index is 495. The van der Waals surface area contributed by atoms with Crippen LogP contribution in [0.25, 0.3) is 11.3 Å². The summed E-state index contributed by atoms with van der Waals surface area (Å²) in [5.41, 5.74) is 7.07. The average Bonchev–Trinajstić information content (AvgIpc) is 2.71. The summed E-state index contributed by atoms with van der Waals surface area (Å²) in [5.74, 6) is 0. The average molecular weight is 257 g/mol. The minimum absolute atomic E-state index is 0.507. The van der Waals surface area contributed by atoms with E-state index < -0.39 is 0 Å². The number of nitrogens with two attached hydrogens (primary N) is 1. The van der Waals surface area contributed by atoms with Crippen LogP contribution in [0.4, 0.5) is 0 Å². The zero-order valence-electron chi connectivity index (χ0n) is 8.40. The molecule has 0 aliphatic heterocycles. The first kappa shape index (κ1) is 11.4. The molecule has 0 saturated carbocycles. The van der Waals surface area contributed by atoms with Crippen LogP contribution in [0.15, 0.2) is 24.4 Å². The molecular formula is C10H10Cl2N4. The summed E-state index contributed by atoms with van der Waals surface area (Å²) in [4.78, 5) is 0. The normalized spacial score (nSPS) is 10.7. The van der Waals surface area contributed by atoms with Crippen LogP contribution in [0.1, 0.15) is 0 Å². The van der Waals surface area contributed by atoms with Gasteiger partial charge in [-0.25, -0.2) is 0 Å². The molecule has 1 aromatic carbocycles. The van der Waals surface area contributed by atoms with Gasteiger partial charge in [0.2, 0.25) is 0 Å². The second-order valence-corrected chi connectivity index (χ2v) is 4.10. The number of hydrogen-bond acceptors (Lipinski definition) is 3. The predicted molar refractivity (Wildman–Crippen MR) is 64.5 cm³/mol. The van der Waals surface area contributed by atoms with Crippen LogP contribution in [0, 0.1) is 0 Å². The SMILES string of the molecule is NCCn1cc(-c2ccc(Cl)c(Cl)c2)nn1. The molecule has 0 aliphatic rings. The second-order valence-electron chi connectivity index (χ2n) is 3.28. The van der Waals surface area contributed by atoms with E-state index in [-0.39, 0.29) is 0 Å². The van der Waals surface area contributed by atoms with E-state index in [0.29, 0.717) is 23.1 Å². The lowest BCUT2D eigenvalue weighted by atomic mass is 10.2. The highest BCUT2D eigenvalue weighted by Gasteiger charge is 2.05. The Balaban J connectivity index is 2.31. The summed E-state index contributed by atoms with van der Waals surface area (Å²) < 4.78 is 1.69. The third-order valence-corrected chi connectivity index (χ3v) is 2.85. The van der Waals surface area contributed by atoms with Gasteiger partial charge in [-0.2, -0.15) is 0 Å². The number of rotatable bonds is 3. The summed E-state index contributed by atoms with van der Waals surface area (Å²) in [7, 11) is 0. The predicted octanol–water partition coefficient (Wildman–Crippen LogP) is 2.21. The van der Waals surface area contributed by atoms with Gasteiger partial charge in [0, 0.05) is 12.1 Å². The van der Waals surface area contributed by atoms with E-state index in [1.165, 1.54) is 0 Å². The molecule has 0 amide bonds. The van der Waals surface area contributed by atoms with Crippen molar-refractivity contribution in [3.05, 3.63) is 34.4 Å². The fourth-order valence-electron chi connectivity index (χ4n) is 1.33. The minimum atomic E-state index is 0.507. The fraction of sp³-hybridized carbons (Fsp3) is 0.200. The van der Waals surface area contributed by atoms with Crippen molar-refractivity contribution in [3.63, 3.8) is 0 Å². The molecule has 84 valence electrons. The molecule has 0 bridgehead atoms. The number of hydrogen-bond donors (Lipinski definition) is 1. The molecule has 2 rings (SSSR count). The molecule has 2 aromatic rings. The Morgan fingerprint density at radius 3 is 2.75 bits per heavy atom. The van der Waals surface area contributed by atoms with Crippen molar-refractivity contribution < 1.29 is 0 Å². The number of halogens is 2.